The van der Waals surface area contributed by atoms with Crippen molar-refractivity contribution in [3.8, 4) is 11.1 Å². The molecule has 0 fully saturated rings. The third kappa shape index (κ3) is 4.16. The minimum absolute atomic E-state index is 0.0276. The van der Waals surface area contributed by atoms with Gasteiger partial charge in [-0.25, -0.2) is 0 Å². The molecule has 1 unspecified atom stereocenters. The van der Waals surface area contributed by atoms with Gasteiger partial charge in [0.25, 0.3) is 5.91 Å². The third-order valence-electron chi connectivity index (χ3n) is 3.62. The molecule has 2 rings (SSSR count). The Balaban J connectivity index is 2.06. The van der Waals surface area contributed by atoms with Crippen LogP contribution in [-0.2, 0) is 0 Å². The van der Waals surface area contributed by atoms with Gasteiger partial charge >= 0.3 is 0 Å². The van der Waals surface area contributed by atoms with Crippen molar-refractivity contribution in [3.05, 3.63) is 46.7 Å². The number of nitrogens with one attached hydrogen (secondary N) is 1. The predicted molar refractivity (Wildman–Crippen MR) is 87.6 cm³/mol. The highest BCUT2D eigenvalue weighted by molar-refractivity contribution is 7.12. The van der Waals surface area contributed by atoms with Crippen LogP contribution in [-0.4, -0.2) is 24.2 Å². The molecule has 1 heterocycles. The van der Waals surface area contributed by atoms with E-state index in [4.69, 9.17) is 5.11 Å². The van der Waals surface area contributed by atoms with Crippen LogP contribution in [0.15, 0.2) is 41.8 Å². The number of amides is 1. The minimum Gasteiger partial charge on any atom is -0.396 e. The van der Waals surface area contributed by atoms with E-state index in [9.17, 15) is 4.79 Å². The smallest absolute Gasteiger partial charge is 0.261 e. The summed E-state index contributed by atoms with van der Waals surface area (Å²) >= 11 is 1.46. The number of hydrogen-bond acceptors (Lipinski definition) is 3. The lowest BCUT2D eigenvalue weighted by Crippen LogP contribution is -2.29. The minimum atomic E-state index is -0.0276. The zero-order chi connectivity index (χ0) is 15.1. The Morgan fingerprint density at radius 3 is 2.71 bits per heavy atom. The Bertz CT molecular complexity index is 565. The van der Waals surface area contributed by atoms with Gasteiger partial charge < -0.3 is 10.4 Å². The van der Waals surface area contributed by atoms with E-state index in [1.54, 1.807) is 0 Å². The van der Waals surface area contributed by atoms with Crippen molar-refractivity contribution in [1.29, 1.82) is 0 Å². The fourth-order valence-electron chi connectivity index (χ4n) is 2.28. The van der Waals surface area contributed by atoms with E-state index >= 15 is 0 Å². The zero-order valence-electron chi connectivity index (χ0n) is 12.2. The van der Waals surface area contributed by atoms with Gasteiger partial charge in [0.2, 0.25) is 0 Å². The van der Waals surface area contributed by atoms with E-state index in [-0.39, 0.29) is 12.5 Å². The quantitative estimate of drug-likeness (QED) is 0.822. The van der Waals surface area contributed by atoms with Crippen molar-refractivity contribution >= 4 is 17.2 Å². The molecule has 0 spiro atoms. The van der Waals surface area contributed by atoms with Gasteiger partial charge in [0.05, 0.1) is 4.88 Å². The molecule has 1 amide bonds. The zero-order valence-corrected chi connectivity index (χ0v) is 13.0. The molecule has 0 aliphatic heterocycles. The van der Waals surface area contributed by atoms with E-state index in [1.165, 1.54) is 11.3 Å². The van der Waals surface area contributed by atoms with E-state index in [2.05, 4.69) is 12.2 Å². The number of benzene rings is 1. The van der Waals surface area contributed by atoms with Crippen molar-refractivity contribution in [2.24, 2.45) is 5.92 Å². The van der Waals surface area contributed by atoms with Crippen LogP contribution in [0, 0.1) is 5.92 Å². The molecule has 1 atom stereocenters. The Labute approximate surface area is 129 Å². The van der Waals surface area contributed by atoms with E-state index < -0.39 is 0 Å². The second-order valence-corrected chi connectivity index (χ2v) is 5.94. The van der Waals surface area contributed by atoms with Crippen LogP contribution in [0.1, 0.15) is 29.4 Å². The summed E-state index contributed by atoms with van der Waals surface area (Å²) in [5, 5.41) is 13.9. The van der Waals surface area contributed by atoms with Crippen LogP contribution in [0.2, 0.25) is 0 Å². The largest absolute Gasteiger partial charge is 0.396 e. The molecule has 2 aromatic rings. The van der Waals surface area contributed by atoms with Crippen LogP contribution in [0.4, 0.5) is 0 Å². The molecule has 21 heavy (non-hydrogen) atoms. The molecular weight excluding hydrogens is 282 g/mol. The molecule has 0 bridgehead atoms. The standard InChI is InChI=1S/C17H21NO2S/c1-2-13(8-10-19)12-18-17(20)16-15(9-11-21-16)14-6-4-3-5-7-14/h3-7,9,11,13,19H,2,8,10,12H2,1H3,(H,18,20). The summed E-state index contributed by atoms with van der Waals surface area (Å²) in [5.74, 6) is 0.305. The number of aliphatic hydroxyl groups is 1. The van der Waals surface area contributed by atoms with Crippen LogP contribution in [0.5, 0.6) is 0 Å². The second-order valence-electron chi connectivity index (χ2n) is 5.03. The molecule has 112 valence electrons. The van der Waals surface area contributed by atoms with Crippen molar-refractivity contribution in [2.45, 2.75) is 19.8 Å². The summed E-state index contributed by atoms with van der Waals surface area (Å²) in [5.41, 5.74) is 2.04. The summed E-state index contributed by atoms with van der Waals surface area (Å²) in [6, 6.07) is 11.9. The van der Waals surface area contributed by atoms with Crippen molar-refractivity contribution in [3.63, 3.8) is 0 Å². The molecule has 1 aromatic carbocycles. The monoisotopic (exact) mass is 303 g/mol. The molecule has 3 nitrogen and oxygen atoms in total. The van der Waals surface area contributed by atoms with Gasteiger partial charge in [-0.05, 0) is 29.3 Å². The van der Waals surface area contributed by atoms with Crippen LogP contribution < -0.4 is 5.32 Å². The number of carbonyl (C=O) groups is 1. The predicted octanol–water partition coefficient (Wildman–Crippen LogP) is 3.55. The lowest BCUT2D eigenvalue weighted by molar-refractivity contribution is 0.0948. The van der Waals surface area contributed by atoms with Gasteiger partial charge in [-0.3, -0.25) is 4.79 Å². The Kier molecular flexibility index (Phi) is 5.96. The fraction of sp³-hybridized carbons (Fsp3) is 0.353. The number of rotatable bonds is 7. The van der Waals surface area contributed by atoms with E-state index in [0.717, 1.165) is 28.8 Å². The maximum absolute atomic E-state index is 12.4. The second kappa shape index (κ2) is 7.96. The van der Waals surface area contributed by atoms with E-state index in [1.807, 2.05) is 41.8 Å². The lowest BCUT2D eigenvalue weighted by Gasteiger charge is -2.14. The highest BCUT2D eigenvalue weighted by Gasteiger charge is 2.15. The van der Waals surface area contributed by atoms with Gasteiger partial charge in [-0.2, -0.15) is 0 Å². The fourth-order valence-corrected chi connectivity index (χ4v) is 3.11. The SMILES string of the molecule is CCC(CCO)CNC(=O)c1sccc1-c1ccccc1. The third-order valence-corrected chi connectivity index (χ3v) is 4.54. The molecule has 4 heteroatoms. The summed E-state index contributed by atoms with van der Waals surface area (Å²) < 4.78 is 0. The first-order valence-corrected chi connectivity index (χ1v) is 8.16. The number of aliphatic hydroxyl groups excluding tert-OH is 1. The first-order valence-electron chi connectivity index (χ1n) is 7.28. The molecule has 0 saturated carbocycles. The lowest BCUT2D eigenvalue weighted by atomic mass is 10.0. The average Bonchev–Trinajstić information content (AvgIpc) is 3.01. The highest BCUT2D eigenvalue weighted by Crippen LogP contribution is 2.28. The normalized spacial score (nSPS) is 12.1. The first kappa shape index (κ1) is 15.7. The van der Waals surface area contributed by atoms with Crippen LogP contribution in [0.25, 0.3) is 11.1 Å². The molecule has 0 saturated heterocycles. The summed E-state index contributed by atoms with van der Waals surface area (Å²) in [7, 11) is 0. The van der Waals surface area contributed by atoms with Crippen molar-refractivity contribution < 1.29 is 9.90 Å². The van der Waals surface area contributed by atoms with Gasteiger partial charge in [0.15, 0.2) is 0 Å². The summed E-state index contributed by atoms with van der Waals surface area (Å²) in [6.45, 7) is 2.86. The molecule has 0 aliphatic rings. The van der Waals surface area contributed by atoms with Crippen LogP contribution >= 0.6 is 11.3 Å². The van der Waals surface area contributed by atoms with Gasteiger partial charge in [0, 0.05) is 18.7 Å². The number of hydrogen-bond donors (Lipinski definition) is 2. The van der Waals surface area contributed by atoms with E-state index in [0.29, 0.717) is 12.5 Å². The number of thiophene rings is 1. The van der Waals surface area contributed by atoms with Crippen molar-refractivity contribution in [2.75, 3.05) is 13.2 Å². The molecule has 0 radical (unpaired) electrons. The molecule has 2 N–H and O–H groups in total. The molecule has 1 aromatic heterocycles. The summed E-state index contributed by atoms with van der Waals surface area (Å²) in [6.07, 6.45) is 1.68. The Morgan fingerprint density at radius 2 is 2.05 bits per heavy atom. The first-order chi connectivity index (χ1) is 10.3. The topological polar surface area (TPSA) is 49.3 Å². The van der Waals surface area contributed by atoms with Gasteiger partial charge in [-0.15, -0.1) is 11.3 Å². The molecule has 0 aliphatic carbocycles. The van der Waals surface area contributed by atoms with Crippen LogP contribution in [0.3, 0.4) is 0 Å². The molecular formula is C17H21NO2S. The maximum atomic E-state index is 12.4. The Morgan fingerprint density at radius 1 is 1.29 bits per heavy atom. The maximum Gasteiger partial charge on any atom is 0.261 e. The van der Waals surface area contributed by atoms with Gasteiger partial charge in [0.1, 0.15) is 0 Å². The average molecular weight is 303 g/mol. The van der Waals surface area contributed by atoms with Gasteiger partial charge in [-0.1, -0.05) is 43.7 Å². The summed E-state index contributed by atoms with van der Waals surface area (Å²) in [4.78, 5) is 13.1. The number of carbonyl (C=O) groups excluding carboxylic acids is 1. The van der Waals surface area contributed by atoms with Crippen molar-refractivity contribution in [1.82, 2.24) is 5.32 Å². The Hall–Kier alpha value is -1.65. The highest BCUT2D eigenvalue weighted by atomic mass is 32.1.